The van der Waals surface area contributed by atoms with Crippen LogP contribution in [0, 0.1) is 0 Å². The van der Waals surface area contributed by atoms with Crippen molar-refractivity contribution < 1.29 is 4.43 Å². The van der Waals surface area contributed by atoms with Crippen LogP contribution in [0.4, 0.5) is 11.5 Å². The van der Waals surface area contributed by atoms with Gasteiger partial charge in [0.15, 0.2) is 8.32 Å². The molecule has 0 spiro atoms. The number of hydrogen-bond acceptors (Lipinski definition) is 4. The molecule has 0 amide bonds. The van der Waals surface area contributed by atoms with Crippen LogP contribution in [0.3, 0.4) is 0 Å². The maximum Gasteiger partial charge on any atom is 0.192 e. The molecule has 0 unspecified atom stereocenters. The second-order valence-electron chi connectivity index (χ2n) is 6.01. The van der Waals surface area contributed by atoms with Crippen molar-refractivity contribution in [3.05, 3.63) is 18.3 Å². The molecule has 0 saturated heterocycles. The highest BCUT2D eigenvalue weighted by molar-refractivity contribution is 6.74. The van der Waals surface area contributed by atoms with E-state index in [2.05, 4.69) is 44.2 Å². The summed E-state index contributed by atoms with van der Waals surface area (Å²) in [4.78, 5) is 4.18. The average molecular weight is 267 g/mol. The Morgan fingerprint density at radius 3 is 2.50 bits per heavy atom. The van der Waals surface area contributed by atoms with E-state index in [1.165, 1.54) is 0 Å². The zero-order chi connectivity index (χ0) is 13.8. The van der Waals surface area contributed by atoms with Gasteiger partial charge >= 0.3 is 0 Å². The number of aromatic nitrogens is 1. The Balaban J connectivity index is 2.33. The van der Waals surface area contributed by atoms with E-state index in [0.717, 1.165) is 12.4 Å². The first-order chi connectivity index (χ1) is 8.22. The van der Waals surface area contributed by atoms with Crippen LogP contribution in [-0.2, 0) is 4.43 Å². The summed E-state index contributed by atoms with van der Waals surface area (Å²) in [5.41, 5.74) is 6.26. The Bertz CT molecular complexity index is 371. The van der Waals surface area contributed by atoms with E-state index in [9.17, 15) is 0 Å². The summed E-state index contributed by atoms with van der Waals surface area (Å²) >= 11 is 0. The molecule has 3 N–H and O–H groups in total. The van der Waals surface area contributed by atoms with Crippen LogP contribution in [0.1, 0.15) is 20.8 Å². The van der Waals surface area contributed by atoms with Crippen LogP contribution in [0.25, 0.3) is 0 Å². The first-order valence-electron chi connectivity index (χ1n) is 6.32. The lowest BCUT2D eigenvalue weighted by Crippen LogP contribution is -2.41. The molecule has 1 rings (SSSR count). The van der Waals surface area contributed by atoms with Gasteiger partial charge in [0.25, 0.3) is 0 Å². The minimum atomic E-state index is -1.63. The van der Waals surface area contributed by atoms with Crippen LogP contribution in [-0.4, -0.2) is 26.5 Å². The van der Waals surface area contributed by atoms with Gasteiger partial charge in [0.05, 0.1) is 18.5 Å². The van der Waals surface area contributed by atoms with Gasteiger partial charge in [-0.05, 0) is 30.3 Å². The van der Waals surface area contributed by atoms with Crippen molar-refractivity contribution in [3.8, 4) is 0 Å². The lowest BCUT2D eigenvalue weighted by Gasteiger charge is -2.36. The lowest BCUT2D eigenvalue weighted by atomic mass is 10.2. The molecule has 18 heavy (non-hydrogen) atoms. The largest absolute Gasteiger partial charge is 0.415 e. The molecule has 0 radical (unpaired) electrons. The second kappa shape index (κ2) is 5.71. The van der Waals surface area contributed by atoms with Crippen molar-refractivity contribution >= 4 is 19.8 Å². The SMILES string of the molecule is CC(C)(C)[Si](C)(C)OCCNc1ccc(N)cn1. The first kappa shape index (κ1) is 15.0. The summed E-state index contributed by atoms with van der Waals surface area (Å²) < 4.78 is 6.06. The summed E-state index contributed by atoms with van der Waals surface area (Å²) in [6, 6.07) is 3.71. The maximum absolute atomic E-state index is 6.06. The maximum atomic E-state index is 6.06. The van der Waals surface area contributed by atoms with Gasteiger partial charge in [-0.2, -0.15) is 0 Å². The van der Waals surface area contributed by atoms with Gasteiger partial charge in [0.2, 0.25) is 0 Å². The molecule has 0 bridgehead atoms. The Labute approximate surface area is 111 Å². The monoisotopic (exact) mass is 267 g/mol. The lowest BCUT2D eigenvalue weighted by molar-refractivity contribution is 0.301. The van der Waals surface area contributed by atoms with Gasteiger partial charge in [-0.1, -0.05) is 20.8 Å². The minimum Gasteiger partial charge on any atom is -0.415 e. The quantitative estimate of drug-likeness (QED) is 0.636. The topological polar surface area (TPSA) is 60.2 Å². The standard InChI is InChI=1S/C13H25N3OSi/c1-13(2,3)18(4,5)17-9-8-15-12-7-6-11(14)10-16-12/h6-7,10H,8-9,14H2,1-5H3,(H,15,16). The molecule has 0 fully saturated rings. The molecule has 1 aromatic heterocycles. The highest BCUT2D eigenvalue weighted by Crippen LogP contribution is 2.36. The molecule has 0 atom stereocenters. The number of pyridine rings is 1. The van der Waals surface area contributed by atoms with E-state index in [-0.39, 0.29) is 5.04 Å². The van der Waals surface area contributed by atoms with E-state index < -0.39 is 8.32 Å². The number of nitrogens with one attached hydrogen (secondary N) is 1. The third-order valence-electron chi connectivity index (χ3n) is 3.46. The van der Waals surface area contributed by atoms with Gasteiger partial charge in [-0.15, -0.1) is 0 Å². The molecule has 0 aliphatic heterocycles. The number of nitrogens with two attached hydrogens (primary N) is 1. The Kier molecular flexibility index (Phi) is 4.75. The van der Waals surface area contributed by atoms with Crippen molar-refractivity contribution in [2.45, 2.75) is 38.9 Å². The number of nitrogen functional groups attached to an aromatic ring is 1. The predicted octanol–water partition coefficient (Wildman–Crippen LogP) is 3.10. The number of rotatable bonds is 5. The molecule has 0 saturated carbocycles. The molecule has 0 aromatic carbocycles. The smallest absolute Gasteiger partial charge is 0.192 e. The molecule has 5 heteroatoms. The zero-order valence-electron chi connectivity index (χ0n) is 12.1. The summed E-state index contributed by atoms with van der Waals surface area (Å²) in [5.74, 6) is 0.836. The van der Waals surface area contributed by atoms with Gasteiger partial charge < -0.3 is 15.5 Å². The molecule has 0 aliphatic carbocycles. The molecular weight excluding hydrogens is 242 g/mol. The van der Waals surface area contributed by atoms with Gasteiger partial charge in [0.1, 0.15) is 5.82 Å². The van der Waals surface area contributed by atoms with Gasteiger partial charge in [-0.25, -0.2) is 4.98 Å². The third-order valence-corrected chi connectivity index (χ3v) is 8.00. The molecule has 102 valence electrons. The van der Waals surface area contributed by atoms with Crippen molar-refractivity contribution in [1.29, 1.82) is 0 Å². The van der Waals surface area contributed by atoms with Crippen LogP contribution in [0.5, 0.6) is 0 Å². The number of nitrogens with zero attached hydrogens (tertiary/aromatic N) is 1. The third kappa shape index (κ3) is 4.31. The van der Waals surface area contributed by atoms with Crippen LogP contribution in [0.15, 0.2) is 18.3 Å². The van der Waals surface area contributed by atoms with Crippen molar-refractivity contribution in [2.75, 3.05) is 24.2 Å². The average Bonchev–Trinajstić information content (AvgIpc) is 2.25. The van der Waals surface area contributed by atoms with Crippen LogP contribution < -0.4 is 11.1 Å². The van der Waals surface area contributed by atoms with Gasteiger partial charge in [-0.3, -0.25) is 0 Å². The molecule has 0 aliphatic rings. The van der Waals surface area contributed by atoms with Crippen molar-refractivity contribution in [3.63, 3.8) is 0 Å². The van der Waals surface area contributed by atoms with E-state index in [1.54, 1.807) is 6.20 Å². The molecule has 1 heterocycles. The normalized spacial score (nSPS) is 12.5. The predicted molar refractivity (Wildman–Crippen MR) is 80.3 cm³/mol. The molecule has 1 aromatic rings. The van der Waals surface area contributed by atoms with E-state index >= 15 is 0 Å². The summed E-state index contributed by atoms with van der Waals surface area (Å²) in [6.07, 6.45) is 1.65. The fourth-order valence-electron chi connectivity index (χ4n) is 1.21. The van der Waals surface area contributed by atoms with E-state index in [4.69, 9.17) is 10.2 Å². The molecule has 4 nitrogen and oxygen atoms in total. The zero-order valence-corrected chi connectivity index (χ0v) is 13.1. The van der Waals surface area contributed by atoms with Crippen molar-refractivity contribution in [2.24, 2.45) is 0 Å². The summed E-state index contributed by atoms with van der Waals surface area (Å²) in [5, 5.41) is 3.48. The minimum absolute atomic E-state index is 0.256. The summed E-state index contributed by atoms with van der Waals surface area (Å²) in [7, 11) is -1.63. The first-order valence-corrected chi connectivity index (χ1v) is 9.22. The van der Waals surface area contributed by atoms with Crippen molar-refractivity contribution in [1.82, 2.24) is 4.98 Å². The fraction of sp³-hybridized carbons (Fsp3) is 0.615. The van der Waals surface area contributed by atoms with Crippen LogP contribution in [0.2, 0.25) is 18.1 Å². The van der Waals surface area contributed by atoms with Crippen LogP contribution >= 0.6 is 0 Å². The Morgan fingerprint density at radius 2 is 2.00 bits per heavy atom. The number of hydrogen-bond donors (Lipinski definition) is 2. The number of anilines is 2. The summed E-state index contributed by atoms with van der Waals surface area (Å²) in [6.45, 7) is 12.7. The van der Waals surface area contributed by atoms with E-state index in [0.29, 0.717) is 12.3 Å². The Hall–Kier alpha value is -1.07. The van der Waals surface area contributed by atoms with E-state index in [1.807, 2.05) is 12.1 Å². The second-order valence-corrected chi connectivity index (χ2v) is 10.8. The molecular formula is C13H25N3OSi. The highest BCUT2D eigenvalue weighted by atomic mass is 28.4. The fourth-order valence-corrected chi connectivity index (χ4v) is 2.26. The van der Waals surface area contributed by atoms with Gasteiger partial charge in [0, 0.05) is 6.54 Å². The highest BCUT2D eigenvalue weighted by Gasteiger charge is 2.36. The Morgan fingerprint density at radius 1 is 1.33 bits per heavy atom.